The average Bonchev–Trinajstić information content (AvgIpc) is 2.85. The topological polar surface area (TPSA) is 92.6 Å². The highest BCUT2D eigenvalue weighted by molar-refractivity contribution is 7.80. The number of benzene rings is 2. The number of anilines is 2. The van der Waals surface area contributed by atoms with Crippen molar-refractivity contribution in [3.8, 4) is 0 Å². The zero-order valence-electron chi connectivity index (χ0n) is 12.4. The number of aliphatic carboxylic acids is 1. The number of nitrogens with two attached hydrogens (primary N) is 2. The van der Waals surface area contributed by atoms with Crippen molar-refractivity contribution >= 4 is 34.6 Å². The van der Waals surface area contributed by atoms with Crippen LogP contribution >= 0.6 is 12.2 Å². The van der Waals surface area contributed by atoms with E-state index in [0.717, 1.165) is 22.4 Å². The van der Waals surface area contributed by atoms with Crippen molar-refractivity contribution in [2.24, 2.45) is 5.73 Å². The van der Waals surface area contributed by atoms with Crippen LogP contribution in [0.2, 0.25) is 0 Å². The van der Waals surface area contributed by atoms with E-state index in [1.807, 2.05) is 41.3 Å². The molecule has 1 atom stereocenters. The molecule has 1 aliphatic rings. The van der Waals surface area contributed by atoms with E-state index in [1.165, 1.54) is 0 Å². The number of carboxylic acid groups (broad SMARTS) is 1. The molecule has 3 rings (SSSR count). The van der Waals surface area contributed by atoms with E-state index in [4.69, 9.17) is 23.7 Å². The second-order valence-electron chi connectivity index (χ2n) is 5.64. The van der Waals surface area contributed by atoms with Gasteiger partial charge in [0.1, 0.15) is 11.0 Å². The standard InChI is InChI=1S/C17H17N3O2S/c18-13-4-5-14-12(7-13)8-15(17(21)22)20(14)9-10-2-1-3-11(6-10)16(19)23/h1-7,15H,8-9,18H2,(H2,19,23)(H,21,22). The van der Waals surface area contributed by atoms with E-state index < -0.39 is 12.0 Å². The number of hydrogen-bond donors (Lipinski definition) is 3. The fourth-order valence-electron chi connectivity index (χ4n) is 2.97. The van der Waals surface area contributed by atoms with Gasteiger partial charge in [-0.25, -0.2) is 4.79 Å². The number of hydrogen-bond acceptors (Lipinski definition) is 4. The number of rotatable bonds is 4. The van der Waals surface area contributed by atoms with Gasteiger partial charge in [0, 0.05) is 29.9 Å². The molecule has 1 aliphatic heterocycles. The van der Waals surface area contributed by atoms with Crippen LogP contribution in [0.15, 0.2) is 42.5 Å². The maximum Gasteiger partial charge on any atom is 0.326 e. The molecule has 0 saturated heterocycles. The molecule has 23 heavy (non-hydrogen) atoms. The molecular weight excluding hydrogens is 310 g/mol. The summed E-state index contributed by atoms with van der Waals surface area (Å²) < 4.78 is 0. The molecule has 5 N–H and O–H groups in total. The monoisotopic (exact) mass is 327 g/mol. The zero-order chi connectivity index (χ0) is 16.6. The van der Waals surface area contributed by atoms with Crippen LogP contribution in [0.1, 0.15) is 16.7 Å². The Morgan fingerprint density at radius 3 is 2.78 bits per heavy atom. The van der Waals surface area contributed by atoms with E-state index >= 15 is 0 Å². The molecule has 0 saturated carbocycles. The van der Waals surface area contributed by atoms with Crippen molar-refractivity contribution in [2.45, 2.75) is 19.0 Å². The van der Waals surface area contributed by atoms with Gasteiger partial charge in [0.2, 0.25) is 0 Å². The second-order valence-corrected chi connectivity index (χ2v) is 6.08. The first-order valence-corrected chi connectivity index (χ1v) is 7.63. The highest BCUT2D eigenvalue weighted by atomic mass is 32.1. The van der Waals surface area contributed by atoms with E-state index in [-0.39, 0.29) is 0 Å². The highest BCUT2D eigenvalue weighted by Crippen LogP contribution is 2.35. The van der Waals surface area contributed by atoms with Crippen molar-refractivity contribution in [1.82, 2.24) is 0 Å². The van der Waals surface area contributed by atoms with E-state index in [2.05, 4.69) is 0 Å². The molecule has 0 radical (unpaired) electrons. The van der Waals surface area contributed by atoms with E-state index in [9.17, 15) is 9.90 Å². The smallest absolute Gasteiger partial charge is 0.326 e. The van der Waals surface area contributed by atoms with Gasteiger partial charge in [-0.3, -0.25) is 0 Å². The number of fused-ring (bicyclic) bond motifs is 1. The molecule has 0 aromatic heterocycles. The lowest BCUT2D eigenvalue weighted by Crippen LogP contribution is -2.38. The van der Waals surface area contributed by atoms with Gasteiger partial charge in [0.05, 0.1) is 0 Å². The molecule has 5 nitrogen and oxygen atoms in total. The summed E-state index contributed by atoms with van der Waals surface area (Å²) in [6, 6.07) is 12.5. The Morgan fingerprint density at radius 1 is 1.30 bits per heavy atom. The fraction of sp³-hybridized carbons (Fsp3) is 0.176. The Morgan fingerprint density at radius 2 is 2.09 bits per heavy atom. The number of thiocarbonyl (C=S) groups is 1. The predicted octanol–water partition coefficient (Wildman–Crippen LogP) is 1.92. The molecule has 2 aromatic rings. The summed E-state index contributed by atoms with van der Waals surface area (Å²) in [6.45, 7) is 0.477. The van der Waals surface area contributed by atoms with Crippen molar-refractivity contribution in [1.29, 1.82) is 0 Å². The molecule has 0 aliphatic carbocycles. The lowest BCUT2D eigenvalue weighted by Gasteiger charge is -2.25. The summed E-state index contributed by atoms with van der Waals surface area (Å²) in [5, 5.41) is 9.53. The Balaban J connectivity index is 1.95. The minimum absolute atomic E-state index is 0.330. The van der Waals surface area contributed by atoms with Gasteiger partial charge in [-0.1, -0.05) is 30.4 Å². The summed E-state index contributed by atoms with van der Waals surface area (Å²) in [5.74, 6) is -0.842. The van der Waals surface area contributed by atoms with Crippen LogP contribution in [-0.4, -0.2) is 22.1 Å². The minimum atomic E-state index is -0.842. The largest absolute Gasteiger partial charge is 0.480 e. The summed E-state index contributed by atoms with van der Waals surface area (Å²) >= 11 is 5.00. The summed E-state index contributed by atoms with van der Waals surface area (Å²) in [5.41, 5.74) is 15.7. The van der Waals surface area contributed by atoms with Gasteiger partial charge in [0.15, 0.2) is 0 Å². The Labute approximate surface area is 139 Å². The van der Waals surface area contributed by atoms with Crippen LogP contribution in [0.3, 0.4) is 0 Å². The summed E-state index contributed by atoms with van der Waals surface area (Å²) in [4.78, 5) is 13.8. The number of carbonyl (C=O) groups is 1. The van der Waals surface area contributed by atoms with Gasteiger partial charge >= 0.3 is 5.97 Å². The molecule has 2 aromatic carbocycles. The SMILES string of the molecule is NC(=S)c1cccc(CN2c3ccc(N)cc3CC2C(=O)O)c1. The van der Waals surface area contributed by atoms with Crippen molar-refractivity contribution < 1.29 is 9.90 Å². The van der Waals surface area contributed by atoms with E-state index in [0.29, 0.717) is 23.6 Å². The normalized spacial score (nSPS) is 16.2. The van der Waals surface area contributed by atoms with Gasteiger partial charge in [-0.15, -0.1) is 0 Å². The van der Waals surface area contributed by atoms with Crippen molar-refractivity contribution in [2.75, 3.05) is 10.6 Å². The first-order chi connectivity index (χ1) is 11.0. The molecule has 1 heterocycles. The maximum atomic E-state index is 11.6. The van der Waals surface area contributed by atoms with Crippen molar-refractivity contribution in [3.05, 3.63) is 59.2 Å². The summed E-state index contributed by atoms with van der Waals surface area (Å²) in [7, 11) is 0. The molecule has 6 heteroatoms. The third-order valence-electron chi connectivity index (χ3n) is 4.05. The Hall–Kier alpha value is -2.60. The Bertz CT molecular complexity index is 791. The molecular formula is C17H17N3O2S. The van der Waals surface area contributed by atoms with Crippen LogP contribution in [0.25, 0.3) is 0 Å². The first-order valence-electron chi connectivity index (χ1n) is 7.22. The fourth-order valence-corrected chi connectivity index (χ4v) is 3.10. The molecule has 0 spiro atoms. The quantitative estimate of drug-likeness (QED) is 0.587. The van der Waals surface area contributed by atoms with Gasteiger partial charge < -0.3 is 21.5 Å². The number of nitrogen functional groups attached to an aromatic ring is 1. The highest BCUT2D eigenvalue weighted by Gasteiger charge is 2.34. The molecule has 0 bridgehead atoms. The lowest BCUT2D eigenvalue weighted by atomic mass is 10.1. The molecule has 1 unspecified atom stereocenters. The number of nitrogens with zero attached hydrogens (tertiary/aromatic N) is 1. The molecule has 0 fully saturated rings. The average molecular weight is 327 g/mol. The zero-order valence-corrected chi connectivity index (χ0v) is 13.2. The minimum Gasteiger partial charge on any atom is -0.480 e. The summed E-state index contributed by atoms with van der Waals surface area (Å²) in [6.07, 6.45) is 0.449. The maximum absolute atomic E-state index is 11.6. The van der Waals surface area contributed by atoms with Crippen LogP contribution in [0.4, 0.5) is 11.4 Å². The third kappa shape index (κ3) is 2.98. The number of carboxylic acids is 1. The lowest BCUT2D eigenvalue weighted by molar-refractivity contribution is -0.138. The first kappa shape index (κ1) is 15.3. The van der Waals surface area contributed by atoms with Crippen LogP contribution in [-0.2, 0) is 17.8 Å². The van der Waals surface area contributed by atoms with Crippen LogP contribution in [0, 0.1) is 0 Å². The predicted molar refractivity (Wildman–Crippen MR) is 94.5 cm³/mol. The second kappa shape index (κ2) is 5.89. The van der Waals surface area contributed by atoms with Crippen LogP contribution in [0.5, 0.6) is 0 Å². The molecule has 0 amide bonds. The van der Waals surface area contributed by atoms with Gasteiger partial charge in [-0.2, -0.15) is 0 Å². The van der Waals surface area contributed by atoms with Gasteiger partial charge in [-0.05, 0) is 35.4 Å². The van der Waals surface area contributed by atoms with Crippen molar-refractivity contribution in [3.63, 3.8) is 0 Å². The third-order valence-corrected chi connectivity index (χ3v) is 4.29. The van der Waals surface area contributed by atoms with E-state index in [1.54, 1.807) is 6.07 Å². The molecule has 118 valence electrons. The van der Waals surface area contributed by atoms with Crippen LogP contribution < -0.4 is 16.4 Å². The van der Waals surface area contributed by atoms with Gasteiger partial charge in [0.25, 0.3) is 0 Å². The Kier molecular flexibility index (Phi) is 3.92.